The molecule has 0 radical (unpaired) electrons. The molecular formula is C19H26N2O5S. The number of hydrogen-bond donors (Lipinski definition) is 1. The maximum atomic E-state index is 13.1. The first-order valence-corrected chi connectivity index (χ1v) is 11.0. The first-order valence-electron chi connectivity index (χ1n) is 9.43. The molecule has 0 aliphatic carbocycles. The molecule has 0 spiro atoms. The van der Waals surface area contributed by atoms with Crippen LogP contribution in [-0.2, 0) is 14.8 Å². The molecule has 1 N–H and O–H groups in total. The molecule has 1 aromatic rings. The normalized spacial score (nSPS) is 22.0. The second-order valence-corrected chi connectivity index (χ2v) is 9.33. The van der Waals surface area contributed by atoms with E-state index in [9.17, 15) is 18.0 Å². The van der Waals surface area contributed by atoms with Gasteiger partial charge in [0.15, 0.2) is 0 Å². The molecule has 0 aromatic heterocycles. The number of hydrogen-bond acceptors (Lipinski definition) is 4. The lowest BCUT2D eigenvalue weighted by molar-refractivity contribution is -0.137. The molecule has 1 unspecified atom stereocenters. The third kappa shape index (κ3) is 4.26. The highest BCUT2D eigenvalue weighted by molar-refractivity contribution is 7.93. The van der Waals surface area contributed by atoms with Crippen molar-refractivity contribution in [3.63, 3.8) is 0 Å². The van der Waals surface area contributed by atoms with E-state index in [2.05, 4.69) is 0 Å². The Labute approximate surface area is 160 Å². The van der Waals surface area contributed by atoms with E-state index in [0.29, 0.717) is 37.2 Å². The molecule has 3 rings (SSSR count). The predicted octanol–water partition coefficient (Wildman–Crippen LogP) is 2.39. The van der Waals surface area contributed by atoms with Crippen LogP contribution in [-0.4, -0.2) is 55.2 Å². The van der Waals surface area contributed by atoms with Gasteiger partial charge in [-0.1, -0.05) is 0 Å². The van der Waals surface area contributed by atoms with Crippen molar-refractivity contribution >= 4 is 27.6 Å². The summed E-state index contributed by atoms with van der Waals surface area (Å²) in [4.78, 5) is 25.8. The number of amides is 1. The molecule has 7 nitrogen and oxygen atoms in total. The van der Waals surface area contributed by atoms with Crippen LogP contribution in [0, 0.1) is 6.92 Å². The summed E-state index contributed by atoms with van der Waals surface area (Å²) in [6.45, 7) is 2.92. The van der Waals surface area contributed by atoms with Crippen molar-refractivity contribution in [2.75, 3.05) is 23.1 Å². The first-order chi connectivity index (χ1) is 12.8. The van der Waals surface area contributed by atoms with E-state index in [1.807, 2.05) is 6.92 Å². The van der Waals surface area contributed by atoms with Crippen LogP contribution >= 0.6 is 0 Å². The summed E-state index contributed by atoms with van der Waals surface area (Å²) < 4.78 is 25.6. The summed E-state index contributed by atoms with van der Waals surface area (Å²) in [5, 5.41) is 8.95. The summed E-state index contributed by atoms with van der Waals surface area (Å²) >= 11 is 0. The monoisotopic (exact) mass is 394 g/mol. The van der Waals surface area contributed by atoms with Gasteiger partial charge in [0.05, 0.1) is 11.4 Å². The fraction of sp³-hybridized carbons (Fsp3) is 0.579. The minimum absolute atomic E-state index is 0.0547. The summed E-state index contributed by atoms with van der Waals surface area (Å²) in [5.74, 6) is -0.787. The molecular weight excluding hydrogens is 368 g/mol. The SMILES string of the molecule is Cc1cc(N2CCCS2(=O)=O)ccc1C(=O)N1CCCCC1CCC(=O)O. The van der Waals surface area contributed by atoms with Gasteiger partial charge in [0.1, 0.15) is 0 Å². The number of nitrogens with zero attached hydrogens (tertiary/aromatic N) is 2. The molecule has 1 aromatic carbocycles. The Morgan fingerprint density at radius 3 is 2.59 bits per heavy atom. The smallest absolute Gasteiger partial charge is 0.303 e. The minimum Gasteiger partial charge on any atom is -0.481 e. The Morgan fingerprint density at radius 1 is 1.19 bits per heavy atom. The van der Waals surface area contributed by atoms with Crippen LogP contribution in [0.2, 0.25) is 0 Å². The topological polar surface area (TPSA) is 95.0 Å². The van der Waals surface area contributed by atoms with Crippen LogP contribution in [0.25, 0.3) is 0 Å². The van der Waals surface area contributed by atoms with Crippen molar-refractivity contribution in [1.82, 2.24) is 4.90 Å². The van der Waals surface area contributed by atoms with Gasteiger partial charge >= 0.3 is 5.97 Å². The second-order valence-electron chi connectivity index (χ2n) is 7.32. The minimum atomic E-state index is -3.25. The number of carboxylic acids is 1. The summed E-state index contributed by atoms with van der Waals surface area (Å²) in [6, 6.07) is 5.09. The lowest BCUT2D eigenvalue weighted by Gasteiger charge is -2.36. The number of anilines is 1. The molecule has 8 heteroatoms. The highest BCUT2D eigenvalue weighted by Gasteiger charge is 2.31. The van der Waals surface area contributed by atoms with E-state index in [1.165, 1.54) is 4.31 Å². The molecule has 0 bridgehead atoms. The van der Waals surface area contributed by atoms with Crippen molar-refractivity contribution in [2.24, 2.45) is 0 Å². The number of carbonyl (C=O) groups excluding carboxylic acids is 1. The van der Waals surface area contributed by atoms with Gasteiger partial charge in [-0.25, -0.2) is 8.42 Å². The molecule has 2 fully saturated rings. The standard InChI is InChI=1S/C19H26N2O5S/c1-14-13-16(21-11-4-12-27(21,25)26)6-8-17(14)19(24)20-10-3-2-5-15(20)7-9-18(22)23/h6,8,13,15H,2-5,7,9-12H2,1H3,(H,22,23). The number of likely N-dealkylation sites (tertiary alicyclic amines) is 1. The number of rotatable bonds is 5. The van der Waals surface area contributed by atoms with Gasteiger partial charge in [-0.2, -0.15) is 0 Å². The number of aryl methyl sites for hydroxylation is 1. The van der Waals surface area contributed by atoms with Crippen LogP contribution in [0.4, 0.5) is 5.69 Å². The average molecular weight is 394 g/mol. The highest BCUT2D eigenvalue weighted by Crippen LogP contribution is 2.28. The third-order valence-corrected chi connectivity index (χ3v) is 7.28. The Kier molecular flexibility index (Phi) is 5.74. The molecule has 0 saturated carbocycles. The predicted molar refractivity (Wildman–Crippen MR) is 102 cm³/mol. The van der Waals surface area contributed by atoms with E-state index in [1.54, 1.807) is 23.1 Å². The zero-order chi connectivity index (χ0) is 19.6. The van der Waals surface area contributed by atoms with E-state index < -0.39 is 16.0 Å². The largest absolute Gasteiger partial charge is 0.481 e. The summed E-state index contributed by atoms with van der Waals surface area (Å²) in [7, 11) is -3.25. The van der Waals surface area contributed by atoms with E-state index in [0.717, 1.165) is 24.8 Å². The van der Waals surface area contributed by atoms with Gasteiger partial charge in [0.25, 0.3) is 5.91 Å². The number of piperidine rings is 1. The molecule has 2 saturated heterocycles. The van der Waals surface area contributed by atoms with Crippen molar-refractivity contribution in [3.8, 4) is 0 Å². The highest BCUT2D eigenvalue weighted by atomic mass is 32.2. The molecule has 1 atom stereocenters. The molecule has 2 aliphatic rings. The van der Waals surface area contributed by atoms with Gasteiger partial charge in [-0.3, -0.25) is 13.9 Å². The summed E-state index contributed by atoms with van der Waals surface area (Å²) in [5.41, 5.74) is 1.89. The number of carboxylic acid groups (broad SMARTS) is 1. The number of benzene rings is 1. The maximum absolute atomic E-state index is 13.1. The van der Waals surface area contributed by atoms with Crippen molar-refractivity contribution in [3.05, 3.63) is 29.3 Å². The zero-order valence-corrected chi connectivity index (χ0v) is 16.4. The van der Waals surface area contributed by atoms with Crippen LogP contribution in [0.3, 0.4) is 0 Å². The number of carbonyl (C=O) groups is 2. The molecule has 2 heterocycles. The molecule has 1 amide bonds. The average Bonchev–Trinajstić information content (AvgIpc) is 2.98. The lowest BCUT2D eigenvalue weighted by Crippen LogP contribution is -2.44. The van der Waals surface area contributed by atoms with Gasteiger partial charge in [0, 0.05) is 31.1 Å². The van der Waals surface area contributed by atoms with E-state index in [4.69, 9.17) is 5.11 Å². The van der Waals surface area contributed by atoms with Gasteiger partial charge in [-0.05, 0) is 62.8 Å². The maximum Gasteiger partial charge on any atom is 0.303 e. The summed E-state index contributed by atoms with van der Waals surface area (Å²) in [6.07, 6.45) is 3.87. The first kappa shape index (κ1) is 19.7. The van der Waals surface area contributed by atoms with Gasteiger partial charge < -0.3 is 10.0 Å². The number of aliphatic carboxylic acids is 1. The second kappa shape index (κ2) is 7.88. The van der Waals surface area contributed by atoms with Crippen LogP contribution in [0.5, 0.6) is 0 Å². The quantitative estimate of drug-likeness (QED) is 0.827. The Hall–Kier alpha value is -2.09. The molecule has 27 heavy (non-hydrogen) atoms. The number of sulfonamides is 1. The van der Waals surface area contributed by atoms with Gasteiger partial charge in [-0.15, -0.1) is 0 Å². The van der Waals surface area contributed by atoms with E-state index in [-0.39, 0.29) is 24.1 Å². The fourth-order valence-electron chi connectivity index (χ4n) is 3.99. The molecule has 2 aliphatic heterocycles. The van der Waals surface area contributed by atoms with Crippen molar-refractivity contribution in [2.45, 2.75) is 51.5 Å². The Balaban J connectivity index is 1.80. The van der Waals surface area contributed by atoms with Crippen molar-refractivity contribution < 1.29 is 23.1 Å². The van der Waals surface area contributed by atoms with Gasteiger partial charge in [0.2, 0.25) is 10.0 Å². The Morgan fingerprint density at radius 2 is 1.96 bits per heavy atom. The van der Waals surface area contributed by atoms with Crippen molar-refractivity contribution in [1.29, 1.82) is 0 Å². The Bertz CT molecular complexity index is 837. The van der Waals surface area contributed by atoms with Crippen LogP contribution in [0.1, 0.15) is 54.4 Å². The fourth-order valence-corrected chi connectivity index (χ4v) is 5.54. The third-order valence-electron chi connectivity index (χ3n) is 5.41. The zero-order valence-electron chi connectivity index (χ0n) is 15.6. The van der Waals surface area contributed by atoms with Crippen LogP contribution in [0.15, 0.2) is 18.2 Å². The van der Waals surface area contributed by atoms with Crippen LogP contribution < -0.4 is 4.31 Å². The lowest BCUT2D eigenvalue weighted by atomic mass is 9.96. The molecule has 148 valence electrons. The van der Waals surface area contributed by atoms with E-state index >= 15 is 0 Å².